The summed E-state index contributed by atoms with van der Waals surface area (Å²) in [5, 5.41) is 20.2. The van der Waals surface area contributed by atoms with Crippen molar-refractivity contribution in [2.75, 3.05) is 5.73 Å². The molecule has 0 aliphatic heterocycles. The maximum Gasteiger partial charge on any atom is 0.191 e. The molecule has 0 aromatic heterocycles. The van der Waals surface area contributed by atoms with Gasteiger partial charge in [0.05, 0.1) is 27.7 Å². The van der Waals surface area contributed by atoms with E-state index in [1.54, 1.807) is 80.0 Å². The fourth-order valence-corrected chi connectivity index (χ4v) is 7.72. The number of aryl methyl sites for hydroxylation is 1. The molecule has 6 unspecified atom stereocenters. The lowest BCUT2D eigenvalue weighted by Crippen LogP contribution is -2.24. The smallest absolute Gasteiger partial charge is 0.191 e. The average Bonchev–Trinajstić information content (AvgIpc) is 2.93. The van der Waals surface area contributed by atoms with Crippen molar-refractivity contribution in [3.05, 3.63) is 108 Å². The van der Waals surface area contributed by atoms with E-state index in [0.717, 1.165) is 22.3 Å². The molecule has 1 aromatic rings. The van der Waals surface area contributed by atoms with Crippen molar-refractivity contribution >= 4 is 96.0 Å². The van der Waals surface area contributed by atoms with Gasteiger partial charge in [-0.15, -0.1) is 4.57 Å². The number of nitrogen functional groups attached to an aromatic ring is 1. The van der Waals surface area contributed by atoms with Gasteiger partial charge in [-0.05, 0) is 93.7 Å². The Labute approximate surface area is 295 Å². The van der Waals surface area contributed by atoms with Crippen LogP contribution in [0, 0.1) is 23.2 Å². The SMILES string of the molecule is C=C1C=CC(=N)C=C1.CC1=CC(S(=O)(=O)P)C(=N)C=C1.CC1=CC(S(=O)(=O)P)C(=N)C=C1.Cc1ccc(N)c(S(=O)(=O)P)c1.O=[P+]([O-])[S-]. The van der Waals surface area contributed by atoms with Crippen molar-refractivity contribution in [1.82, 2.24) is 0 Å². The lowest BCUT2D eigenvalue weighted by molar-refractivity contribution is -0.157. The summed E-state index contributed by atoms with van der Waals surface area (Å²) in [7, 11) is -6.96. The lowest BCUT2D eigenvalue weighted by atomic mass is 10.1. The van der Waals surface area contributed by atoms with Gasteiger partial charge in [0.25, 0.3) is 0 Å². The molecule has 3 aliphatic rings. The van der Waals surface area contributed by atoms with E-state index in [1.807, 2.05) is 32.9 Å². The number of hydrogen-bond acceptors (Lipinski definition) is 13. The van der Waals surface area contributed by atoms with Gasteiger partial charge in [0.1, 0.15) is 10.5 Å². The van der Waals surface area contributed by atoms with Crippen molar-refractivity contribution in [3.63, 3.8) is 0 Å². The van der Waals surface area contributed by atoms with Gasteiger partial charge >= 0.3 is 0 Å². The van der Waals surface area contributed by atoms with Crippen molar-refractivity contribution in [1.29, 1.82) is 16.2 Å². The van der Waals surface area contributed by atoms with E-state index >= 15 is 0 Å². The Morgan fingerprint density at radius 2 is 1.15 bits per heavy atom. The number of anilines is 1. The van der Waals surface area contributed by atoms with Crippen LogP contribution in [0.5, 0.6) is 0 Å². The second-order valence-electron chi connectivity index (χ2n) is 9.92. The van der Waals surface area contributed by atoms with Crippen LogP contribution < -0.4 is 10.6 Å². The first kappa shape index (κ1) is 45.8. The zero-order valence-corrected chi connectivity index (χ0v) is 33.6. The Morgan fingerprint density at radius 1 is 0.771 bits per heavy atom. The molecular weight excluding hydrogens is 772 g/mol. The van der Waals surface area contributed by atoms with Crippen LogP contribution in [-0.4, -0.2) is 52.9 Å². The molecule has 12 nitrogen and oxygen atoms in total. The summed E-state index contributed by atoms with van der Waals surface area (Å²) in [5.74, 6) is 0. The van der Waals surface area contributed by atoms with Crippen LogP contribution in [0.3, 0.4) is 0 Å². The molecule has 0 bridgehead atoms. The molecule has 3 aliphatic carbocycles. The Kier molecular flexibility index (Phi) is 19.5. The maximum absolute atomic E-state index is 11.1. The second kappa shape index (κ2) is 20.4. The predicted octanol–water partition coefficient (Wildman–Crippen LogP) is 4.57. The monoisotopic (exact) mass is 809 g/mol. The summed E-state index contributed by atoms with van der Waals surface area (Å²) in [6.45, 7) is 9.12. The summed E-state index contributed by atoms with van der Waals surface area (Å²) >= 11 is 3.57. The molecule has 0 fully saturated rings. The molecule has 0 amide bonds. The largest absolute Gasteiger partial charge is 0.614 e. The summed E-state index contributed by atoms with van der Waals surface area (Å²) in [6.07, 6.45) is 16.7. The number of nitrogens with two attached hydrogens (primary N) is 1. The van der Waals surface area contributed by atoms with Gasteiger partial charge in [-0.3, -0.25) is 0 Å². The van der Waals surface area contributed by atoms with Gasteiger partial charge in [-0.25, -0.2) is 25.3 Å². The van der Waals surface area contributed by atoms with Gasteiger partial charge < -0.3 is 39.1 Å². The van der Waals surface area contributed by atoms with Gasteiger partial charge in [0.2, 0.25) is 0 Å². The van der Waals surface area contributed by atoms with Crippen LogP contribution in [0.1, 0.15) is 19.4 Å². The Bertz CT molecular complexity index is 1850. The molecule has 5 N–H and O–H groups in total. The molecule has 0 spiro atoms. The van der Waals surface area contributed by atoms with Crippen LogP contribution in [0.25, 0.3) is 0 Å². The zero-order valence-electron chi connectivity index (χ0n) is 26.0. The van der Waals surface area contributed by atoms with Crippen molar-refractivity contribution in [3.8, 4) is 0 Å². The normalized spacial score (nSPS) is 18.7. The molecule has 1 aromatic carbocycles. The van der Waals surface area contributed by atoms with E-state index < -0.39 is 46.1 Å². The lowest BCUT2D eigenvalue weighted by Gasteiger charge is -2.13. The van der Waals surface area contributed by atoms with Gasteiger partial charge in [-0.1, -0.05) is 60.2 Å². The minimum absolute atomic E-state index is 0.121. The molecular formula is C28H37N4O8P4S4-. The van der Waals surface area contributed by atoms with Crippen LogP contribution in [0.2, 0.25) is 0 Å². The standard InChI is InChI=1S/3C7H10NO2PS.C7H7N.HO2PS/c3*1-5-2-3-6(8)7(4-5)12(9,10)11;1-6-2-4-7(8)5-3-6;1-3(2)4/h2-4H,8,11H2,1H3;2*2-4,7-8H,11H2,1H3;2-5,8H,1H2;(H,1,2,4)/p-1. The molecule has 6 atom stereocenters. The predicted molar refractivity (Wildman–Crippen MR) is 209 cm³/mol. The minimum atomic E-state index is -3.26. The third-order valence-electron chi connectivity index (χ3n) is 5.63. The first-order valence-corrected chi connectivity index (χ1v) is 24.2. The Hall–Kier alpha value is -2.24. The molecule has 20 heteroatoms. The highest BCUT2D eigenvalue weighted by atomic mass is 32.7. The number of hydrogen-bond donors (Lipinski definition) is 4. The van der Waals surface area contributed by atoms with Crippen molar-refractivity contribution in [2.45, 2.75) is 36.2 Å². The van der Waals surface area contributed by atoms with E-state index in [1.165, 1.54) is 12.2 Å². The summed E-state index contributed by atoms with van der Waals surface area (Å²) < 4.78 is 75.4. The highest BCUT2D eigenvalue weighted by molar-refractivity contribution is 8.38. The molecule has 48 heavy (non-hydrogen) atoms. The highest BCUT2D eigenvalue weighted by Crippen LogP contribution is 2.24. The minimum Gasteiger partial charge on any atom is -0.614 e. The number of rotatable bonds is 3. The summed E-state index contributed by atoms with van der Waals surface area (Å²) in [5.41, 5.74) is 10.1. The second-order valence-corrected chi connectivity index (χ2v) is 22.0. The summed E-state index contributed by atoms with van der Waals surface area (Å²) in [4.78, 5) is 9.03. The first-order chi connectivity index (χ1) is 21.7. The Morgan fingerprint density at radius 3 is 1.42 bits per heavy atom. The van der Waals surface area contributed by atoms with E-state index in [0.29, 0.717) is 5.71 Å². The van der Waals surface area contributed by atoms with E-state index in [2.05, 4.69) is 18.8 Å². The summed E-state index contributed by atoms with van der Waals surface area (Å²) in [6, 6.07) is 4.92. The number of nitrogens with one attached hydrogen (secondary N) is 3. The van der Waals surface area contributed by atoms with Gasteiger partial charge in [-0.2, -0.15) is 0 Å². The van der Waals surface area contributed by atoms with Crippen molar-refractivity contribution in [2.24, 2.45) is 0 Å². The number of allylic oxidation sites excluding steroid dienone is 11. The third kappa shape index (κ3) is 19.1. The molecule has 0 heterocycles. The fraction of sp³-hybridized carbons (Fsp3) is 0.179. The van der Waals surface area contributed by atoms with E-state index in [-0.39, 0.29) is 22.0 Å². The van der Waals surface area contributed by atoms with Gasteiger partial charge in [0, 0.05) is 0 Å². The van der Waals surface area contributed by atoms with E-state index in [4.69, 9.17) is 31.4 Å². The quantitative estimate of drug-likeness (QED) is 0.188. The van der Waals surface area contributed by atoms with Crippen LogP contribution in [0.15, 0.2) is 107 Å². The van der Waals surface area contributed by atoms with Crippen LogP contribution in [-0.2, 0) is 45.2 Å². The molecule has 0 saturated heterocycles. The highest BCUT2D eigenvalue weighted by Gasteiger charge is 2.24. The Balaban J connectivity index is 0.000000596. The van der Waals surface area contributed by atoms with Gasteiger partial charge in [0.15, 0.2) is 35.6 Å². The fourth-order valence-electron chi connectivity index (χ4n) is 3.34. The molecule has 0 radical (unpaired) electrons. The van der Waals surface area contributed by atoms with Crippen LogP contribution in [0.4, 0.5) is 5.69 Å². The average molecular weight is 810 g/mol. The van der Waals surface area contributed by atoms with E-state index in [9.17, 15) is 25.3 Å². The molecule has 0 saturated carbocycles. The first-order valence-electron chi connectivity index (χ1n) is 13.0. The van der Waals surface area contributed by atoms with Crippen molar-refractivity contribution < 1.29 is 34.7 Å². The topological polar surface area (TPSA) is 240 Å². The van der Waals surface area contributed by atoms with Crippen LogP contribution >= 0.6 is 32.6 Å². The molecule has 262 valence electrons. The third-order valence-corrected chi connectivity index (χ3v) is 11.3. The zero-order chi connectivity index (χ0) is 37.6. The number of benzene rings is 1. The molecule has 4 rings (SSSR count). The maximum atomic E-state index is 11.1.